The first kappa shape index (κ1) is 43.9. The third-order valence-corrected chi connectivity index (χ3v) is 20.2. The molecule has 0 unspecified atom stereocenters. The summed E-state index contributed by atoms with van der Waals surface area (Å²) in [4.78, 5) is 0. The van der Waals surface area contributed by atoms with Crippen molar-refractivity contribution in [1.29, 1.82) is 0 Å². The molecular weight excluding hydrogens is 829 g/mol. The van der Waals surface area contributed by atoms with E-state index in [0.717, 1.165) is 12.8 Å². The second-order valence-corrected chi connectivity index (χ2v) is 23.9. The van der Waals surface area contributed by atoms with Gasteiger partial charge >= 0.3 is 393 Å². The average Bonchev–Trinajstić information content (AvgIpc) is 3.83. The van der Waals surface area contributed by atoms with Gasteiger partial charge in [-0.3, -0.25) is 0 Å². The van der Waals surface area contributed by atoms with Gasteiger partial charge in [0.15, 0.2) is 0 Å². The van der Waals surface area contributed by atoms with E-state index in [0.29, 0.717) is 0 Å². The van der Waals surface area contributed by atoms with E-state index in [4.69, 9.17) is 0 Å². The summed E-state index contributed by atoms with van der Waals surface area (Å²) in [5.41, 5.74) is 30.9. The fourth-order valence-electron chi connectivity index (χ4n) is 12.3. The Morgan fingerprint density at radius 3 is 0.906 bits per heavy atom. The molecule has 0 spiro atoms. The first-order valence-corrected chi connectivity index (χ1v) is 26.3. The second-order valence-electron chi connectivity index (χ2n) is 19.5. The molecular formula is C61H63AsB2. The number of allylic oxidation sites excluding steroid dienone is 2. The van der Waals surface area contributed by atoms with Gasteiger partial charge in [-0.1, -0.05) is 0 Å². The second kappa shape index (κ2) is 17.6. The Hall–Kier alpha value is -5.29. The Labute approximate surface area is 390 Å². The first-order valence-electron chi connectivity index (χ1n) is 23.5. The van der Waals surface area contributed by atoms with Crippen LogP contribution in [0.2, 0.25) is 0 Å². The predicted octanol–water partition coefficient (Wildman–Crippen LogP) is 10.3. The first-order chi connectivity index (χ1) is 30.7. The Morgan fingerprint density at radius 1 is 0.344 bits per heavy atom. The molecule has 9 rings (SSSR count). The van der Waals surface area contributed by atoms with Gasteiger partial charge in [-0.25, -0.2) is 0 Å². The Morgan fingerprint density at radius 2 is 0.625 bits per heavy atom. The summed E-state index contributed by atoms with van der Waals surface area (Å²) in [7, 11) is 0. The standard InChI is InChI=1S/C61H63AsB2/c1-37-29-41(5)58(42(6)30-37)63(59-43(7)31-38(2)32-44(59)8)52-25-21-49(22-26-52)56-54-19-16-20-55(54)57(62(56)51-17-14-13-15-18-51)50-23-27-53(28-24-50)64(60-45(9)33-39(3)34-46(60)10)61-47(11)35-40(4)36-48(61)12/h13-15,17-18,21-36H,16,19-20H2,1-12H3. The number of rotatable bonds is 9. The maximum atomic E-state index is 2.50. The molecule has 1 aliphatic heterocycles. The van der Waals surface area contributed by atoms with E-state index in [2.05, 4.69) is 210 Å². The molecule has 0 N–H and O–H groups in total. The third-order valence-electron chi connectivity index (χ3n) is 14.4. The summed E-state index contributed by atoms with van der Waals surface area (Å²) in [6, 6.07) is 50.5. The van der Waals surface area contributed by atoms with Crippen LogP contribution in [0.4, 0.5) is 0 Å². The molecule has 0 atom stereocenters. The molecule has 0 saturated heterocycles. The van der Waals surface area contributed by atoms with Crippen LogP contribution in [0.15, 0.2) is 139 Å². The van der Waals surface area contributed by atoms with Crippen LogP contribution in [-0.4, -0.2) is 28.1 Å². The number of hydrogen-bond donors (Lipinski definition) is 0. The van der Waals surface area contributed by atoms with Crippen LogP contribution in [0.5, 0.6) is 0 Å². The Bertz CT molecular complexity index is 2630. The van der Waals surface area contributed by atoms with Crippen molar-refractivity contribution in [2.45, 2.75) is 102 Å². The molecule has 318 valence electrons. The molecule has 0 radical (unpaired) electrons. The van der Waals surface area contributed by atoms with Gasteiger partial charge in [-0.2, -0.15) is 0 Å². The van der Waals surface area contributed by atoms with Crippen molar-refractivity contribution in [1.82, 2.24) is 0 Å². The molecule has 2 aliphatic rings. The fraction of sp³-hybridized carbons (Fsp3) is 0.246. The van der Waals surface area contributed by atoms with Crippen LogP contribution < -0.4 is 37.1 Å². The zero-order valence-electron chi connectivity index (χ0n) is 40.3. The predicted molar refractivity (Wildman–Crippen MR) is 284 cm³/mol. The van der Waals surface area contributed by atoms with Crippen LogP contribution in [0.3, 0.4) is 0 Å². The van der Waals surface area contributed by atoms with Gasteiger partial charge in [-0.05, 0) is 0 Å². The fourth-order valence-corrected chi connectivity index (χ4v) is 18.7. The van der Waals surface area contributed by atoms with E-state index < -0.39 is 14.7 Å². The van der Waals surface area contributed by atoms with Gasteiger partial charge in [0.05, 0.1) is 0 Å². The molecule has 1 saturated carbocycles. The van der Waals surface area contributed by atoms with Gasteiger partial charge in [-0.15, -0.1) is 0 Å². The van der Waals surface area contributed by atoms with E-state index in [9.17, 15) is 0 Å². The Balaban J connectivity index is 1.16. The molecule has 1 heterocycles. The number of aryl methyl sites for hydroxylation is 12. The van der Waals surface area contributed by atoms with Crippen molar-refractivity contribution in [3.05, 3.63) is 216 Å². The molecule has 1 aliphatic carbocycles. The van der Waals surface area contributed by atoms with Crippen LogP contribution >= 0.6 is 0 Å². The zero-order chi connectivity index (χ0) is 45.1. The molecule has 1 fully saturated rings. The van der Waals surface area contributed by atoms with Crippen LogP contribution in [0, 0.1) is 83.1 Å². The Kier molecular flexibility index (Phi) is 12.1. The van der Waals surface area contributed by atoms with Gasteiger partial charge < -0.3 is 0 Å². The summed E-state index contributed by atoms with van der Waals surface area (Å²) in [5, 5.41) is 0. The summed E-state index contributed by atoms with van der Waals surface area (Å²) in [5.74, 6) is 0. The normalized spacial score (nSPS) is 13.9. The van der Waals surface area contributed by atoms with Gasteiger partial charge in [0.1, 0.15) is 0 Å². The van der Waals surface area contributed by atoms with E-state index in [1.54, 1.807) is 19.9 Å². The third kappa shape index (κ3) is 7.96. The van der Waals surface area contributed by atoms with E-state index in [1.807, 2.05) is 0 Å². The summed E-state index contributed by atoms with van der Waals surface area (Å²) in [6.07, 6.45) is 3.56. The molecule has 0 amide bonds. The number of hydrogen-bond acceptors (Lipinski definition) is 0. The van der Waals surface area contributed by atoms with E-state index in [-0.39, 0.29) is 13.4 Å². The van der Waals surface area contributed by atoms with Crippen LogP contribution in [0.25, 0.3) is 8.72 Å². The molecule has 7 aromatic rings. The van der Waals surface area contributed by atoms with Gasteiger partial charge in [0, 0.05) is 0 Å². The minimum atomic E-state index is -1.95. The SMILES string of the molecule is Cc1cc(C)c(B(c2ccc(C3=C4CCCC4=C(c4ccc(B(c5c(C)cc(C)cc5C)c5c(C)cc(C)cc5C)cc4)[As]3c3ccccc3)cc2)c2c(C)cc(C)cc2C)c(C)c1. The molecule has 7 aromatic carbocycles. The van der Waals surface area contributed by atoms with E-state index >= 15 is 0 Å². The zero-order valence-corrected chi connectivity index (χ0v) is 42.2. The van der Waals surface area contributed by atoms with Crippen molar-refractivity contribution in [2.24, 2.45) is 0 Å². The van der Waals surface area contributed by atoms with Crippen molar-refractivity contribution >= 4 is 73.9 Å². The monoisotopic (exact) mass is 892 g/mol. The molecule has 64 heavy (non-hydrogen) atoms. The average molecular weight is 893 g/mol. The summed E-state index contributed by atoms with van der Waals surface area (Å²) >= 11 is -1.95. The van der Waals surface area contributed by atoms with Crippen molar-refractivity contribution in [2.75, 3.05) is 0 Å². The molecule has 0 aromatic heterocycles. The molecule has 3 heteroatoms. The summed E-state index contributed by atoms with van der Waals surface area (Å²) < 4.78 is 4.81. The molecule has 0 bridgehead atoms. The minimum absolute atomic E-state index is 0.164. The van der Waals surface area contributed by atoms with Crippen LogP contribution in [-0.2, 0) is 0 Å². The van der Waals surface area contributed by atoms with Gasteiger partial charge in [0.25, 0.3) is 0 Å². The maximum absolute atomic E-state index is 2.50. The van der Waals surface area contributed by atoms with Crippen LogP contribution in [0.1, 0.15) is 97.2 Å². The van der Waals surface area contributed by atoms with Crippen molar-refractivity contribution in [3.63, 3.8) is 0 Å². The van der Waals surface area contributed by atoms with E-state index in [1.165, 1.54) is 121 Å². The molecule has 0 nitrogen and oxygen atoms in total. The number of fused-ring (bicyclic) bond motifs is 1. The topological polar surface area (TPSA) is 0 Å². The number of benzene rings is 7. The van der Waals surface area contributed by atoms with Crippen molar-refractivity contribution in [3.8, 4) is 0 Å². The van der Waals surface area contributed by atoms with Crippen molar-refractivity contribution < 1.29 is 0 Å². The quantitative estimate of drug-likeness (QED) is 0.127. The summed E-state index contributed by atoms with van der Waals surface area (Å²) in [6.45, 7) is 27.7. The van der Waals surface area contributed by atoms with Gasteiger partial charge in [0.2, 0.25) is 0 Å².